The highest BCUT2D eigenvalue weighted by Gasteiger charge is 2.23. The van der Waals surface area contributed by atoms with E-state index in [9.17, 15) is 0 Å². The second kappa shape index (κ2) is 6.95. The number of rotatable bonds is 6. The standard InChI is InChI=1S/C16H25NO3/c1-11-5-6-14(20-11)10-19-16-9-13(18-4)7-8-15(16)12(2)17-3/h7-9,11-12,14,17H,5-6,10H2,1-4H3. The predicted molar refractivity (Wildman–Crippen MR) is 79.5 cm³/mol. The molecular formula is C16H25NO3. The smallest absolute Gasteiger partial charge is 0.127 e. The van der Waals surface area contributed by atoms with Crippen LogP contribution in [-0.4, -0.2) is 33.0 Å². The maximum absolute atomic E-state index is 5.99. The van der Waals surface area contributed by atoms with E-state index in [-0.39, 0.29) is 12.1 Å². The summed E-state index contributed by atoms with van der Waals surface area (Å²) in [7, 11) is 3.61. The van der Waals surface area contributed by atoms with Gasteiger partial charge in [0.15, 0.2) is 0 Å². The SMILES string of the molecule is CNC(C)c1ccc(OC)cc1OCC1CCC(C)O1. The molecule has 1 heterocycles. The zero-order valence-electron chi connectivity index (χ0n) is 12.8. The Bertz CT molecular complexity index is 436. The van der Waals surface area contributed by atoms with Gasteiger partial charge in [-0.2, -0.15) is 0 Å². The first kappa shape index (κ1) is 15.1. The van der Waals surface area contributed by atoms with Crippen LogP contribution in [0.2, 0.25) is 0 Å². The van der Waals surface area contributed by atoms with E-state index >= 15 is 0 Å². The Labute approximate surface area is 121 Å². The molecule has 1 N–H and O–H groups in total. The fraction of sp³-hybridized carbons (Fsp3) is 0.625. The van der Waals surface area contributed by atoms with Crippen LogP contribution in [0.15, 0.2) is 18.2 Å². The van der Waals surface area contributed by atoms with Crippen molar-refractivity contribution in [2.75, 3.05) is 20.8 Å². The van der Waals surface area contributed by atoms with E-state index in [1.165, 1.54) is 0 Å². The van der Waals surface area contributed by atoms with Gasteiger partial charge in [-0.3, -0.25) is 0 Å². The number of ether oxygens (including phenoxy) is 3. The van der Waals surface area contributed by atoms with Crippen molar-refractivity contribution in [3.8, 4) is 11.5 Å². The van der Waals surface area contributed by atoms with Crippen molar-refractivity contribution in [2.24, 2.45) is 0 Å². The fourth-order valence-corrected chi connectivity index (χ4v) is 2.47. The lowest BCUT2D eigenvalue weighted by atomic mass is 10.1. The van der Waals surface area contributed by atoms with Gasteiger partial charge in [-0.05, 0) is 39.8 Å². The third kappa shape index (κ3) is 3.64. The molecule has 1 aliphatic heterocycles. The van der Waals surface area contributed by atoms with Gasteiger partial charge in [0, 0.05) is 17.7 Å². The molecule has 2 rings (SSSR count). The molecule has 3 unspecified atom stereocenters. The maximum Gasteiger partial charge on any atom is 0.127 e. The average molecular weight is 279 g/mol. The number of nitrogens with one attached hydrogen (secondary N) is 1. The topological polar surface area (TPSA) is 39.7 Å². The van der Waals surface area contributed by atoms with Gasteiger partial charge in [-0.25, -0.2) is 0 Å². The van der Waals surface area contributed by atoms with Crippen LogP contribution < -0.4 is 14.8 Å². The number of hydrogen-bond acceptors (Lipinski definition) is 4. The summed E-state index contributed by atoms with van der Waals surface area (Å²) >= 11 is 0. The molecule has 4 nitrogen and oxygen atoms in total. The van der Waals surface area contributed by atoms with Crippen LogP contribution in [0.25, 0.3) is 0 Å². The van der Waals surface area contributed by atoms with Gasteiger partial charge in [0.2, 0.25) is 0 Å². The molecule has 0 spiro atoms. The minimum atomic E-state index is 0.203. The van der Waals surface area contributed by atoms with Crippen LogP contribution in [-0.2, 0) is 4.74 Å². The summed E-state index contributed by atoms with van der Waals surface area (Å²) in [6.07, 6.45) is 2.74. The van der Waals surface area contributed by atoms with Gasteiger partial charge in [0.1, 0.15) is 18.1 Å². The van der Waals surface area contributed by atoms with E-state index in [1.807, 2.05) is 25.2 Å². The van der Waals surface area contributed by atoms with Crippen LogP contribution in [0, 0.1) is 0 Å². The third-order valence-corrected chi connectivity index (χ3v) is 3.86. The highest BCUT2D eigenvalue weighted by molar-refractivity contribution is 5.42. The summed E-state index contributed by atoms with van der Waals surface area (Å²) in [6.45, 7) is 4.82. The van der Waals surface area contributed by atoms with E-state index in [1.54, 1.807) is 7.11 Å². The molecule has 1 fully saturated rings. The minimum Gasteiger partial charge on any atom is -0.497 e. The highest BCUT2D eigenvalue weighted by Crippen LogP contribution is 2.30. The summed E-state index contributed by atoms with van der Waals surface area (Å²) in [5.41, 5.74) is 1.14. The fourth-order valence-electron chi connectivity index (χ4n) is 2.47. The van der Waals surface area contributed by atoms with E-state index in [0.29, 0.717) is 12.7 Å². The Kier molecular flexibility index (Phi) is 5.26. The molecule has 1 aliphatic rings. The second-order valence-corrected chi connectivity index (χ2v) is 5.37. The highest BCUT2D eigenvalue weighted by atomic mass is 16.5. The van der Waals surface area contributed by atoms with Gasteiger partial charge in [-0.15, -0.1) is 0 Å². The van der Waals surface area contributed by atoms with E-state index < -0.39 is 0 Å². The quantitative estimate of drug-likeness (QED) is 0.869. The second-order valence-electron chi connectivity index (χ2n) is 5.37. The first-order valence-electron chi connectivity index (χ1n) is 7.27. The molecule has 0 aliphatic carbocycles. The summed E-state index contributed by atoms with van der Waals surface area (Å²) in [6, 6.07) is 6.19. The van der Waals surface area contributed by atoms with Gasteiger partial charge < -0.3 is 19.5 Å². The minimum absolute atomic E-state index is 0.203. The van der Waals surface area contributed by atoms with Gasteiger partial charge in [-0.1, -0.05) is 6.07 Å². The Morgan fingerprint density at radius 3 is 2.80 bits per heavy atom. The molecule has 1 aromatic carbocycles. The molecule has 0 saturated carbocycles. The van der Waals surface area contributed by atoms with Crippen molar-refractivity contribution >= 4 is 0 Å². The molecular weight excluding hydrogens is 254 g/mol. The number of methoxy groups -OCH3 is 1. The maximum atomic E-state index is 5.99. The van der Waals surface area contributed by atoms with Crippen molar-refractivity contribution in [2.45, 2.75) is 44.9 Å². The molecule has 0 amide bonds. The molecule has 1 saturated heterocycles. The molecule has 1 aromatic rings. The largest absolute Gasteiger partial charge is 0.497 e. The molecule has 0 aromatic heterocycles. The Morgan fingerprint density at radius 2 is 2.20 bits per heavy atom. The van der Waals surface area contributed by atoms with Crippen molar-refractivity contribution in [3.05, 3.63) is 23.8 Å². The zero-order chi connectivity index (χ0) is 14.5. The van der Waals surface area contributed by atoms with Crippen molar-refractivity contribution in [3.63, 3.8) is 0 Å². The van der Waals surface area contributed by atoms with Crippen LogP contribution in [0.5, 0.6) is 11.5 Å². The van der Waals surface area contributed by atoms with Gasteiger partial charge in [0.05, 0.1) is 19.3 Å². The lowest BCUT2D eigenvalue weighted by Gasteiger charge is -2.19. The summed E-state index contributed by atoms with van der Waals surface area (Å²) in [5.74, 6) is 1.68. The third-order valence-electron chi connectivity index (χ3n) is 3.86. The van der Waals surface area contributed by atoms with Crippen molar-refractivity contribution in [1.82, 2.24) is 5.32 Å². The van der Waals surface area contributed by atoms with Crippen molar-refractivity contribution in [1.29, 1.82) is 0 Å². The lowest BCUT2D eigenvalue weighted by molar-refractivity contribution is 0.0261. The molecule has 3 atom stereocenters. The summed E-state index contributed by atoms with van der Waals surface area (Å²) in [5, 5.41) is 3.24. The van der Waals surface area contributed by atoms with Gasteiger partial charge >= 0.3 is 0 Å². The molecule has 20 heavy (non-hydrogen) atoms. The Morgan fingerprint density at radius 1 is 1.40 bits per heavy atom. The molecule has 112 valence electrons. The molecule has 4 heteroatoms. The monoisotopic (exact) mass is 279 g/mol. The average Bonchev–Trinajstić information content (AvgIpc) is 2.89. The van der Waals surface area contributed by atoms with Gasteiger partial charge in [0.25, 0.3) is 0 Å². The number of hydrogen-bond donors (Lipinski definition) is 1. The lowest BCUT2D eigenvalue weighted by Crippen LogP contribution is -2.20. The van der Waals surface area contributed by atoms with Crippen LogP contribution in [0.1, 0.15) is 38.3 Å². The predicted octanol–water partition coefficient (Wildman–Crippen LogP) is 2.92. The van der Waals surface area contributed by atoms with Crippen LogP contribution in [0.4, 0.5) is 0 Å². The summed E-state index contributed by atoms with van der Waals surface area (Å²) in [4.78, 5) is 0. The first-order chi connectivity index (χ1) is 9.63. The molecule has 0 radical (unpaired) electrons. The Balaban J connectivity index is 2.07. The van der Waals surface area contributed by atoms with Crippen LogP contribution in [0.3, 0.4) is 0 Å². The number of benzene rings is 1. The van der Waals surface area contributed by atoms with E-state index in [2.05, 4.69) is 19.2 Å². The summed E-state index contributed by atoms with van der Waals surface area (Å²) < 4.78 is 17.1. The van der Waals surface area contributed by atoms with Crippen molar-refractivity contribution < 1.29 is 14.2 Å². The van der Waals surface area contributed by atoms with E-state index in [0.717, 1.165) is 29.9 Å². The van der Waals surface area contributed by atoms with Crippen LogP contribution >= 0.6 is 0 Å². The van der Waals surface area contributed by atoms with E-state index in [4.69, 9.17) is 14.2 Å². The first-order valence-corrected chi connectivity index (χ1v) is 7.27. The zero-order valence-corrected chi connectivity index (χ0v) is 12.8. The normalized spacial score (nSPS) is 23.6. The Hall–Kier alpha value is -1.26. The molecule has 0 bridgehead atoms.